The molecule has 7 heteroatoms. The van der Waals surface area contributed by atoms with Crippen LogP contribution in [0.1, 0.15) is 39.5 Å². The first-order valence-corrected chi connectivity index (χ1v) is 11.4. The first kappa shape index (κ1) is 19.5. The first-order chi connectivity index (χ1) is 14.1. The maximum atomic E-state index is 5.92. The van der Waals surface area contributed by atoms with Crippen molar-refractivity contribution in [3.05, 3.63) is 12.1 Å². The lowest BCUT2D eigenvalue weighted by molar-refractivity contribution is -0.0811. The zero-order chi connectivity index (χ0) is 19.8. The molecule has 4 aliphatic rings. The monoisotopic (exact) mass is 401 g/mol. The van der Waals surface area contributed by atoms with Gasteiger partial charge < -0.3 is 19.7 Å². The number of rotatable bonds is 4. The van der Waals surface area contributed by atoms with Gasteiger partial charge in [-0.2, -0.15) is 0 Å². The Morgan fingerprint density at radius 1 is 1.03 bits per heavy atom. The minimum absolute atomic E-state index is 0.0385. The van der Waals surface area contributed by atoms with E-state index in [0.717, 1.165) is 56.4 Å². The number of ether oxygens (including phenoxy) is 2. The van der Waals surface area contributed by atoms with E-state index in [4.69, 9.17) is 9.47 Å². The van der Waals surface area contributed by atoms with Gasteiger partial charge in [0.2, 0.25) is 0 Å². The summed E-state index contributed by atoms with van der Waals surface area (Å²) in [4.78, 5) is 5.00. The second-order valence-corrected chi connectivity index (χ2v) is 9.92. The van der Waals surface area contributed by atoms with Crippen LogP contribution in [0.25, 0.3) is 0 Å². The summed E-state index contributed by atoms with van der Waals surface area (Å²) in [6, 6.07) is 5.41. The number of morpholine rings is 1. The quantitative estimate of drug-likeness (QED) is 0.831. The molecule has 1 unspecified atom stereocenters. The van der Waals surface area contributed by atoms with Gasteiger partial charge >= 0.3 is 0 Å². The maximum absolute atomic E-state index is 5.92. The fourth-order valence-electron chi connectivity index (χ4n) is 5.84. The van der Waals surface area contributed by atoms with E-state index in [1.165, 1.54) is 38.8 Å². The molecule has 4 fully saturated rings. The van der Waals surface area contributed by atoms with Crippen molar-refractivity contribution in [2.75, 3.05) is 56.2 Å². The Morgan fingerprint density at radius 3 is 2.45 bits per heavy atom. The number of hydrogen-bond donors (Lipinski definition) is 1. The van der Waals surface area contributed by atoms with Crippen LogP contribution < -0.4 is 10.2 Å². The molecule has 3 saturated heterocycles. The molecular formula is C22H35N5O2. The van der Waals surface area contributed by atoms with Crippen LogP contribution in [0.4, 0.5) is 11.6 Å². The minimum atomic E-state index is 0.0385. The highest BCUT2D eigenvalue weighted by molar-refractivity contribution is 5.44. The average molecular weight is 402 g/mol. The molecule has 0 spiro atoms. The Balaban J connectivity index is 1.12. The van der Waals surface area contributed by atoms with Crippen LogP contribution in [-0.2, 0) is 9.47 Å². The third-order valence-electron chi connectivity index (χ3n) is 7.30. The Bertz CT molecular complexity index is 677. The number of fused-ring (bicyclic) bond motifs is 1. The summed E-state index contributed by atoms with van der Waals surface area (Å²) in [5.74, 6) is 3.50. The molecule has 7 nitrogen and oxygen atoms in total. The lowest BCUT2D eigenvalue weighted by Gasteiger charge is -2.40. The molecule has 5 rings (SSSR count). The predicted octanol–water partition coefficient (Wildman–Crippen LogP) is 2.39. The van der Waals surface area contributed by atoms with E-state index >= 15 is 0 Å². The summed E-state index contributed by atoms with van der Waals surface area (Å²) in [7, 11) is 0. The van der Waals surface area contributed by atoms with Gasteiger partial charge in [0.25, 0.3) is 0 Å². The van der Waals surface area contributed by atoms with E-state index in [1.54, 1.807) is 0 Å². The molecule has 1 aromatic rings. The van der Waals surface area contributed by atoms with Gasteiger partial charge in [-0.1, -0.05) is 0 Å². The van der Waals surface area contributed by atoms with Crippen molar-refractivity contribution in [2.24, 2.45) is 11.8 Å². The van der Waals surface area contributed by atoms with Gasteiger partial charge in [-0.25, -0.2) is 0 Å². The van der Waals surface area contributed by atoms with E-state index in [1.807, 2.05) is 0 Å². The second-order valence-electron chi connectivity index (χ2n) is 9.92. The first-order valence-electron chi connectivity index (χ1n) is 11.4. The van der Waals surface area contributed by atoms with Gasteiger partial charge in [-0.15, -0.1) is 10.2 Å². The van der Waals surface area contributed by atoms with Crippen molar-refractivity contribution < 1.29 is 9.47 Å². The van der Waals surface area contributed by atoms with Gasteiger partial charge in [0.05, 0.1) is 18.8 Å². The highest BCUT2D eigenvalue weighted by Gasteiger charge is 2.44. The summed E-state index contributed by atoms with van der Waals surface area (Å²) in [6.45, 7) is 11.2. The molecule has 4 heterocycles. The average Bonchev–Trinajstić information content (AvgIpc) is 3.27. The lowest BCUT2D eigenvalue weighted by atomic mass is 9.93. The zero-order valence-corrected chi connectivity index (χ0v) is 17.8. The van der Waals surface area contributed by atoms with E-state index in [9.17, 15) is 0 Å². The number of likely N-dealkylation sites (tertiary alicyclic amines) is 1. The molecule has 3 aliphatic heterocycles. The zero-order valence-electron chi connectivity index (χ0n) is 17.8. The van der Waals surface area contributed by atoms with Crippen molar-refractivity contribution in [2.45, 2.75) is 57.2 Å². The summed E-state index contributed by atoms with van der Waals surface area (Å²) in [6.07, 6.45) is 4.86. The van der Waals surface area contributed by atoms with Crippen LogP contribution in [0, 0.1) is 11.8 Å². The second kappa shape index (κ2) is 8.00. The number of nitrogens with zero attached hydrogens (tertiary/aromatic N) is 4. The highest BCUT2D eigenvalue weighted by atomic mass is 16.5. The molecule has 0 radical (unpaired) electrons. The van der Waals surface area contributed by atoms with Gasteiger partial charge in [-0.05, 0) is 63.5 Å². The van der Waals surface area contributed by atoms with Crippen molar-refractivity contribution in [1.82, 2.24) is 15.1 Å². The fourth-order valence-corrected chi connectivity index (χ4v) is 5.84. The maximum Gasteiger partial charge on any atom is 0.151 e. The van der Waals surface area contributed by atoms with Crippen LogP contribution in [0.2, 0.25) is 0 Å². The number of nitrogens with one attached hydrogen (secondary N) is 1. The molecule has 0 amide bonds. The van der Waals surface area contributed by atoms with Gasteiger partial charge in [0.15, 0.2) is 5.82 Å². The summed E-state index contributed by atoms with van der Waals surface area (Å²) in [5.41, 5.74) is 0.0385. The lowest BCUT2D eigenvalue weighted by Crippen LogP contribution is -2.45. The number of aromatic nitrogens is 2. The van der Waals surface area contributed by atoms with Crippen LogP contribution in [0.15, 0.2) is 12.1 Å². The topological polar surface area (TPSA) is 62.8 Å². The predicted molar refractivity (Wildman–Crippen MR) is 113 cm³/mol. The Labute approximate surface area is 174 Å². The molecule has 0 aromatic carbocycles. The molecular weight excluding hydrogens is 366 g/mol. The molecule has 1 aliphatic carbocycles. The van der Waals surface area contributed by atoms with Gasteiger partial charge in [0.1, 0.15) is 5.82 Å². The van der Waals surface area contributed by atoms with Crippen molar-refractivity contribution in [3.8, 4) is 0 Å². The van der Waals surface area contributed by atoms with Crippen LogP contribution in [0.3, 0.4) is 0 Å². The van der Waals surface area contributed by atoms with Crippen LogP contribution in [-0.4, -0.2) is 78.8 Å². The molecule has 4 atom stereocenters. The summed E-state index contributed by atoms with van der Waals surface area (Å²) in [5, 5.41) is 12.5. The van der Waals surface area contributed by atoms with E-state index in [2.05, 4.69) is 51.3 Å². The molecule has 1 saturated carbocycles. The number of hydrogen-bond acceptors (Lipinski definition) is 7. The fraction of sp³-hybridized carbons (Fsp3) is 0.818. The van der Waals surface area contributed by atoms with Crippen LogP contribution >= 0.6 is 0 Å². The van der Waals surface area contributed by atoms with Crippen LogP contribution in [0.5, 0.6) is 0 Å². The van der Waals surface area contributed by atoms with Crippen molar-refractivity contribution in [1.29, 1.82) is 0 Å². The summed E-state index contributed by atoms with van der Waals surface area (Å²) < 4.78 is 11.3. The van der Waals surface area contributed by atoms with Crippen molar-refractivity contribution in [3.63, 3.8) is 0 Å². The standard InChI is InChI=1S/C22H35N5O2/c1-22(2)13-19(5-8-29-22)27-14-16-11-18(12-17(16)15-27)23-20-3-4-21(25-24-20)26-6-9-28-10-7-26/h3-4,16-19H,5-15H2,1-2H3,(H,23,24)/t16-,17+,18-,19?. The Morgan fingerprint density at radius 2 is 1.79 bits per heavy atom. The minimum Gasteiger partial charge on any atom is -0.378 e. The molecule has 0 bridgehead atoms. The van der Waals surface area contributed by atoms with Crippen molar-refractivity contribution >= 4 is 11.6 Å². The third-order valence-corrected chi connectivity index (χ3v) is 7.30. The SMILES string of the molecule is CC1(C)CC(N2C[C@H]3C[C@@H](Nc4ccc(N5CCOCC5)nn4)C[C@H]3C2)CCO1. The third kappa shape index (κ3) is 4.37. The van der Waals surface area contributed by atoms with E-state index in [0.29, 0.717) is 12.1 Å². The molecule has 1 N–H and O–H groups in total. The Kier molecular flexibility index (Phi) is 5.39. The Hall–Kier alpha value is -1.44. The molecule has 29 heavy (non-hydrogen) atoms. The summed E-state index contributed by atoms with van der Waals surface area (Å²) >= 11 is 0. The molecule has 160 valence electrons. The normalized spacial score (nSPS) is 34.9. The largest absolute Gasteiger partial charge is 0.378 e. The number of anilines is 2. The smallest absolute Gasteiger partial charge is 0.151 e. The van der Waals surface area contributed by atoms with Gasteiger partial charge in [-0.3, -0.25) is 4.90 Å². The highest BCUT2D eigenvalue weighted by Crippen LogP contribution is 2.41. The molecule has 1 aromatic heterocycles. The van der Waals surface area contributed by atoms with Gasteiger partial charge in [0, 0.05) is 44.9 Å². The van der Waals surface area contributed by atoms with E-state index in [-0.39, 0.29) is 5.60 Å². The van der Waals surface area contributed by atoms with E-state index < -0.39 is 0 Å².